The number of hydrogen-bond donors (Lipinski definition) is 2. The highest BCUT2D eigenvalue weighted by Gasteiger charge is 2.37. The quantitative estimate of drug-likeness (QED) is 0.604. The molecule has 0 spiro atoms. The van der Waals surface area contributed by atoms with Crippen molar-refractivity contribution in [2.45, 2.75) is 37.7 Å². The molecular weight excluding hydrogens is 420 g/mol. The second kappa shape index (κ2) is 8.68. The highest BCUT2D eigenvalue weighted by molar-refractivity contribution is 8.02. The highest BCUT2D eigenvalue weighted by atomic mass is 32.2. The number of anilines is 1. The summed E-state index contributed by atoms with van der Waals surface area (Å²) in [6.45, 7) is 3.74. The Morgan fingerprint density at radius 1 is 1.38 bits per heavy atom. The molecule has 0 bridgehead atoms. The van der Waals surface area contributed by atoms with Crippen molar-refractivity contribution in [3.8, 4) is 5.06 Å². The maximum absolute atomic E-state index is 14.4. The van der Waals surface area contributed by atoms with E-state index in [1.54, 1.807) is 13.8 Å². The van der Waals surface area contributed by atoms with Gasteiger partial charge < -0.3 is 20.5 Å². The first-order chi connectivity index (χ1) is 13.7. The molecule has 0 radical (unpaired) electrons. The second-order valence-electron chi connectivity index (χ2n) is 7.12. The van der Waals surface area contributed by atoms with E-state index in [0.29, 0.717) is 30.2 Å². The molecule has 1 aromatic carbocycles. The highest BCUT2D eigenvalue weighted by Crippen LogP contribution is 2.50. The Balaban J connectivity index is 1.89. The number of nitrogens with zero attached hydrogens (tertiary/aromatic N) is 2. The van der Waals surface area contributed by atoms with Crippen LogP contribution in [0.1, 0.15) is 37.6 Å². The fourth-order valence-electron chi connectivity index (χ4n) is 2.90. The summed E-state index contributed by atoms with van der Waals surface area (Å²) in [5.74, 6) is -2.17. The van der Waals surface area contributed by atoms with Gasteiger partial charge in [0.2, 0.25) is 5.06 Å². The molecule has 6 nitrogen and oxygen atoms in total. The van der Waals surface area contributed by atoms with Gasteiger partial charge in [0.25, 0.3) is 5.91 Å². The number of thioether (sulfide) groups is 1. The third kappa shape index (κ3) is 4.88. The molecule has 1 aliphatic heterocycles. The number of ether oxygens (including phenoxy) is 1. The number of carbonyl (C=O) groups is 1. The van der Waals surface area contributed by atoms with E-state index < -0.39 is 28.5 Å². The Labute approximate surface area is 175 Å². The normalized spacial score (nSPS) is 16.8. The number of primary amides is 1. The minimum atomic E-state index is -0.867. The molecule has 0 aliphatic carbocycles. The topological polar surface area (TPSA) is 88.7 Å². The van der Waals surface area contributed by atoms with Crippen LogP contribution in [0, 0.1) is 11.6 Å². The van der Waals surface area contributed by atoms with E-state index in [1.807, 2.05) is 0 Å². The van der Waals surface area contributed by atoms with Crippen LogP contribution < -0.4 is 15.4 Å². The summed E-state index contributed by atoms with van der Waals surface area (Å²) in [5, 5.41) is 10.8. The van der Waals surface area contributed by atoms with Crippen molar-refractivity contribution in [1.29, 1.82) is 0 Å². The standard InChI is InChI=1S/C19H21F2N3O3S2/c1-19(2,26)7-4-8-27-18-13(9-23-29-18)24-14(16(22)25)10-28-17(24)15-11(20)5-3-6-12(15)21/h3,5-6,9-10,17,26H,4,7-8H2,1-2H3,(H2,22,25). The van der Waals surface area contributed by atoms with Crippen LogP contribution in [0.25, 0.3) is 0 Å². The summed E-state index contributed by atoms with van der Waals surface area (Å²) in [4.78, 5) is 13.4. The fourth-order valence-corrected chi connectivity index (χ4v) is 4.73. The van der Waals surface area contributed by atoms with Crippen molar-refractivity contribution in [2.24, 2.45) is 5.73 Å². The monoisotopic (exact) mass is 441 g/mol. The van der Waals surface area contributed by atoms with Gasteiger partial charge in [-0.1, -0.05) is 6.07 Å². The van der Waals surface area contributed by atoms with E-state index in [-0.39, 0.29) is 11.3 Å². The van der Waals surface area contributed by atoms with Crippen molar-refractivity contribution in [1.82, 2.24) is 4.37 Å². The van der Waals surface area contributed by atoms with Crippen LogP contribution in [-0.2, 0) is 4.79 Å². The number of halogens is 2. The molecule has 2 heterocycles. The van der Waals surface area contributed by atoms with Crippen LogP contribution in [0.2, 0.25) is 0 Å². The fraction of sp³-hybridized carbons (Fsp3) is 0.368. The molecule has 1 aromatic heterocycles. The largest absolute Gasteiger partial charge is 0.481 e. The molecule has 1 aliphatic rings. The van der Waals surface area contributed by atoms with Crippen molar-refractivity contribution in [2.75, 3.05) is 11.5 Å². The summed E-state index contributed by atoms with van der Waals surface area (Å²) in [7, 11) is 0. The predicted octanol–water partition coefficient (Wildman–Crippen LogP) is 3.93. The summed E-state index contributed by atoms with van der Waals surface area (Å²) < 4.78 is 38.7. The molecule has 3 N–H and O–H groups in total. The molecule has 2 aromatic rings. The summed E-state index contributed by atoms with van der Waals surface area (Å²) >= 11 is 2.14. The number of rotatable bonds is 8. The second-order valence-corrected chi connectivity index (χ2v) is 8.84. The summed E-state index contributed by atoms with van der Waals surface area (Å²) in [6, 6.07) is 3.61. The molecule has 1 atom stereocenters. The van der Waals surface area contributed by atoms with Crippen molar-refractivity contribution >= 4 is 34.9 Å². The Morgan fingerprint density at radius 3 is 2.69 bits per heavy atom. The molecule has 29 heavy (non-hydrogen) atoms. The molecule has 1 amide bonds. The maximum Gasteiger partial charge on any atom is 0.265 e. The van der Waals surface area contributed by atoms with E-state index in [2.05, 4.69) is 4.37 Å². The number of amides is 1. The van der Waals surface area contributed by atoms with Gasteiger partial charge in [-0.05, 0) is 38.8 Å². The minimum Gasteiger partial charge on any atom is -0.481 e. The van der Waals surface area contributed by atoms with Crippen LogP contribution in [0.5, 0.6) is 5.06 Å². The number of aliphatic hydroxyl groups is 1. The average molecular weight is 442 g/mol. The smallest absolute Gasteiger partial charge is 0.265 e. The minimum absolute atomic E-state index is 0.101. The maximum atomic E-state index is 14.4. The lowest BCUT2D eigenvalue weighted by molar-refractivity contribution is -0.114. The summed E-state index contributed by atoms with van der Waals surface area (Å²) in [6.07, 6.45) is 2.61. The molecule has 0 saturated carbocycles. The SMILES string of the molecule is CC(C)(O)CCCOc1sncc1N1C(C(N)=O)=CSC1c1c(F)cccc1F. The van der Waals surface area contributed by atoms with Crippen LogP contribution in [0.15, 0.2) is 35.5 Å². The zero-order valence-electron chi connectivity index (χ0n) is 15.9. The number of benzene rings is 1. The molecule has 10 heteroatoms. The van der Waals surface area contributed by atoms with Crippen LogP contribution in [0.4, 0.5) is 14.5 Å². The van der Waals surface area contributed by atoms with E-state index in [4.69, 9.17) is 10.5 Å². The number of nitrogens with two attached hydrogens (primary N) is 1. The third-order valence-corrected chi connectivity index (χ3v) is 6.01. The van der Waals surface area contributed by atoms with E-state index in [0.717, 1.165) is 23.3 Å². The van der Waals surface area contributed by atoms with E-state index in [1.165, 1.54) is 34.7 Å². The van der Waals surface area contributed by atoms with E-state index >= 15 is 0 Å². The number of aromatic nitrogens is 1. The van der Waals surface area contributed by atoms with Gasteiger partial charge >= 0.3 is 0 Å². The first kappa shape index (κ1) is 21.5. The Morgan fingerprint density at radius 2 is 2.07 bits per heavy atom. The Kier molecular flexibility index (Phi) is 6.45. The zero-order valence-corrected chi connectivity index (χ0v) is 17.5. The van der Waals surface area contributed by atoms with Crippen molar-refractivity contribution in [3.05, 3.63) is 52.7 Å². The predicted molar refractivity (Wildman–Crippen MR) is 110 cm³/mol. The lowest BCUT2D eigenvalue weighted by atomic mass is 10.0. The van der Waals surface area contributed by atoms with Gasteiger partial charge in [-0.25, -0.2) is 8.78 Å². The molecule has 1 unspecified atom stereocenters. The van der Waals surface area contributed by atoms with Crippen molar-refractivity contribution in [3.63, 3.8) is 0 Å². The van der Waals surface area contributed by atoms with Gasteiger partial charge in [-0.2, -0.15) is 4.37 Å². The van der Waals surface area contributed by atoms with E-state index in [9.17, 15) is 18.7 Å². The lowest BCUT2D eigenvalue weighted by Gasteiger charge is -2.28. The van der Waals surface area contributed by atoms with Gasteiger partial charge in [0.15, 0.2) is 0 Å². The van der Waals surface area contributed by atoms with Gasteiger partial charge in [0, 0.05) is 16.9 Å². The Bertz CT molecular complexity index is 907. The first-order valence-electron chi connectivity index (χ1n) is 8.87. The van der Waals surface area contributed by atoms with Gasteiger partial charge in [-0.15, -0.1) is 11.8 Å². The first-order valence-corrected chi connectivity index (χ1v) is 10.6. The van der Waals surface area contributed by atoms with Crippen LogP contribution in [-0.4, -0.2) is 27.6 Å². The van der Waals surface area contributed by atoms with Gasteiger partial charge in [0.05, 0.1) is 24.0 Å². The molecule has 0 saturated heterocycles. The molecule has 156 valence electrons. The third-order valence-electron chi connectivity index (χ3n) is 4.25. The zero-order chi connectivity index (χ0) is 21.2. The molecular formula is C19H21F2N3O3S2. The van der Waals surface area contributed by atoms with Crippen LogP contribution in [0.3, 0.4) is 0 Å². The summed E-state index contributed by atoms with van der Waals surface area (Å²) in [5.41, 5.74) is 5.02. The number of carbonyl (C=O) groups excluding carboxylic acids is 1. The lowest BCUT2D eigenvalue weighted by Crippen LogP contribution is -2.31. The van der Waals surface area contributed by atoms with Crippen molar-refractivity contribution < 1.29 is 23.4 Å². The molecule has 3 rings (SSSR count). The van der Waals surface area contributed by atoms with Gasteiger partial charge in [0.1, 0.15) is 28.4 Å². The van der Waals surface area contributed by atoms with Gasteiger partial charge in [-0.3, -0.25) is 4.79 Å². The Hall–Kier alpha value is -2.17. The molecule has 0 fully saturated rings. The number of hydrogen-bond acceptors (Lipinski definition) is 7. The van der Waals surface area contributed by atoms with Crippen LogP contribution >= 0.6 is 23.3 Å². The average Bonchev–Trinajstić information content (AvgIpc) is 3.24.